The minimum atomic E-state index is -0.544. The third kappa shape index (κ3) is 3.88. The van der Waals surface area contributed by atoms with Crippen LogP contribution in [0.15, 0.2) is 59.4 Å². The number of ether oxygens (including phenoxy) is 1. The maximum absolute atomic E-state index is 13.0. The van der Waals surface area contributed by atoms with Crippen molar-refractivity contribution in [2.45, 2.75) is 20.0 Å². The Morgan fingerprint density at radius 1 is 1.21 bits per heavy atom. The number of hydrogen-bond donors (Lipinski definition) is 0. The first-order chi connectivity index (χ1) is 14.2. The summed E-state index contributed by atoms with van der Waals surface area (Å²) in [6.45, 7) is 1.75. The highest BCUT2D eigenvalue weighted by molar-refractivity contribution is 5.90. The van der Waals surface area contributed by atoms with Crippen molar-refractivity contribution in [3.8, 4) is 17.3 Å². The Hall–Kier alpha value is -3.88. The lowest BCUT2D eigenvalue weighted by Gasteiger charge is -2.06. The van der Waals surface area contributed by atoms with Crippen LogP contribution in [-0.4, -0.2) is 30.9 Å². The molecule has 146 valence electrons. The second-order valence-electron chi connectivity index (χ2n) is 6.06. The lowest BCUT2D eigenvalue weighted by molar-refractivity contribution is 0.0458. The summed E-state index contributed by atoms with van der Waals surface area (Å²) in [7, 11) is 0. The van der Waals surface area contributed by atoms with Crippen LogP contribution >= 0.6 is 0 Å². The zero-order valence-electron chi connectivity index (χ0n) is 15.4. The molecule has 4 rings (SSSR count). The Morgan fingerprint density at radius 3 is 2.76 bits per heavy atom. The Kier molecular flexibility index (Phi) is 5.10. The second kappa shape index (κ2) is 8.01. The van der Waals surface area contributed by atoms with Gasteiger partial charge in [-0.15, -0.1) is 0 Å². The first-order valence-corrected chi connectivity index (χ1v) is 8.89. The van der Waals surface area contributed by atoms with Crippen molar-refractivity contribution in [2.75, 3.05) is 0 Å². The van der Waals surface area contributed by atoms with Gasteiger partial charge in [0, 0.05) is 11.8 Å². The van der Waals surface area contributed by atoms with Gasteiger partial charge in [0.25, 0.3) is 5.89 Å². The van der Waals surface area contributed by atoms with Crippen LogP contribution in [-0.2, 0) is 17.8 Å². The summed E-state index contributed by atoms with van der Waals surface area (Å²) in [4.78, 5) is 20.9. The minimum absolute atomic E-state index is 0.165. The molecule has 0 unspecified atom stereocenters. The summed E-state index contributed by atoms with van der Waals surface area (Å²) < 4.78 is 25.1. The van der Waals surface area contributed by atoms with Gasteiger partial charge >= 0.3 is 5.97 Å². The molecule has 0 radical (unpaired) electrons. The van der Waals surface area contributed by atoms with Gasteiger partial charge in [0.15, 0.2) is 12.4 Å². The van der Waals surface area contributed by atoms with E-state index in [0.717, 1.165) is 0 Å². The summed E-state index contributed by atoms with van der Waals surface area (Å²) >= 11 is 0. The maximum atomic E-state index is 13.0. The van der Waals surface area contributed by atoms with Gasteiger partial charge in [-0.05, 0) is 42.8 Å². The van der Waals surface area contributed by atoms with E-state index in [-0.39, 0.29) is 24.1 Å². The normalized spacial score (nSPS) is 10.8. The van der Waals surface area contributed by atoms with Crippen molar-refractivity contribution in [1.82, 2.24) is 24.9 Å². The SMILES string of the molecule is CCc1c(C(=O)OCc2noc(-c3ccc(F)cc3)n2)cnn1-c1ccccn1. The highest BCUT2D eigenvalue weighted by Crippen LogP contribution is 2.19. The van der Waals surface area contributed by atoms with Gasteiger partial charge in [-0.1, -0.05) is 18.1 Å². The second-order valence-corrected chi connectivity index (χ2v) is 6.06. The van der Waals surface area contributed by atoms with Crippen molar-refractivity contribution in [1.29, 1.82) is 0 Å². The smallest absolute Gasteiger partial charge is 0.342 e. The number of nitrogens with zero attached hydrogens (tertiary/aromatic N) is 5. The number of esters is 1. The third-order valence-electron chi connectivity index (χ3n) is 4.18. The maximum Gasteiger partial charge on any atom is 0.342 e. The van der Waals surface area contributed by atoms with Crippen molar-refractivity contribution in [3.63, 3.8) is 0 Å². The quantitative estimate of drug-likeness (QED) is 0.463. The van der Waals surface area contributed by atoms with Gasteiger partial charge < -0.3 is 9.26 Å². The van der Waals surface area contributed by atoms with Gasteiger partial charge in [0.2, 0.25) is 5.82 Å². The molecule has 0 saturated heterocycles. The molecular formula is C20H16FN5O3. The summed E-state index contributed by atoms with van der Waals surface area (Å²) in [5.41, 5.74) is 1.61. The Balaban J connectivity index is 1.47. The average Bonchev–Trinajstić information content (AvgIpc) is 3.40. The number of rotatable bonds is 6. The lowest BCUT2D eigenvalue weighted by Crippen LogP contribution is -2.10. The molecule has 0 fully saturated rings. The van der Waals surface area contributed by atoms with Gasteiger partial charge in [0.1, 0.15) is 11.4 Å². The van der Waals surface area contributed by atoms with Crippen LogP contribution < -0.4 is 0 Å². The van der Waals surface area contributed by atoms with Crippen molar-refractivity contribution in [2.24, 2.45) is 0 Å². The zero-order chi connectivity index (χ0) is 20.2. The molecule has 4 aromatic rings. The number of pyridine rings is 1. The number of hydrogen-bond acceptors (Lipinski definition) is 7. The predicted octanol–water partition coefficient (Wildman–Crippen LogP) is 3.38. The van der Waals surface area contributed by atoms with Crippen LogP contribution in [0.2, 0.25) is 0 Å². The predicted molar refractivity (Wildman–Crippen MR) is 99.5 cm³/mol. The largest absolute Gasteiger partial charge is 0.454 e. The van der Waals surface area contributed by atoms with Crippen molar-refractivity contribution >= 4 is 5.97 Å². The van der Waals surface area contributed by atoms with E-state index in [0.29, 0.717) is 29.1 Å². The van der Waals surface area contributed by atoms with Crippen LogP contribution in [0.3, 0.4) is 0 Å². The van der Waals surface area contributed by atoms with E-state index in [1.54, 1.807) is 23.0 Å². The minimum Gasteiger partial charge on any atom is -0.454 e. The topological polar surface area (TPSA) is 95.9 Å². The Labute approximate surface area is 165 Å². The molecule has 0 aliphatic rings. The number of halogens is 1. The van der Waals surface area contributed by atoms with Crippen LogP contribution in [0.4, 0.5) is 4.39 Å². The molecule has 8 nitrogen and oxygen atoms in total. The Morgan fingerprint density at radius 2 is 2.03 bits per heavy atom. The van der Waals surface area contributed by atoms with Crippen LogP contribution in [0.5, 0.6) is 0 Å². The zero-order valence-corrected chi connectivity index (χ0v) is 15.4. The molecule has 0 aliphatic carbocycles. The molecule has 0 saturated carbocycles. The first-order valence-electron chi connectivity index (χ1n) is 8.89. The average molecular weight is 393 g/mol. The third-order valence-corrected chi connectivity index (χ3v) is 4.18. The Bertz CT molecular complexity index is 1120. The molecule has 1 aromatic carbocycles. The van der Waals surface area contributed by atoms with E-state index in [9.17, 15) is 9.18 Å². The van der Waals surface area contributed by atoms with E-state index in [1.807, 2.05) is 13.0 Å². The molecule has 3 aromatic heterocycles. The molecule has 9 heteroatoms. The fourth-order valence-corrected chi connectivity index (χ4v) is 2.79. The van der Waals surface area contributed by atoms with Gasteiger partial charge in [0.05, 0.1) is 11.9 Å². The molecule has 0 amide bonds. The molecule has 0 N–H and O–H groups in total. The van der Waals surface area contributed by atoms with E-state index in [2.05, 4.69) is 20.2 Å². The first kappa shape index (κ1) is 18.5. The van der Waals surface area contributed by atoms with E-state index in [4.69, 9.17) is 9.26 Å². The summed E-state index contributed by atoms with van der Waals surface area (Å²) in [6, 6.07) is 11.1. The number of benzene rings is 1. The monoisotopic (exact) mass is 393 g/mol. The van der Waals surface area contributed by atoms with Crippen molar-refractivity contribution < 1.29 is 18.4 Å². The molecule has 29 heavy (non-hydrogen) atoms. The van der Waals surface area contributed by atoms with Crippen LogP contribution in [0.25, 0.3) is 17.3 Å². The number of aromatic nitrogens is 5. The summed E-state index contributed by atoms with van der Waals surface area (Å²) in [6.07, 6.45) is 3.68. The fraction of sp³-hybridized carbons (Fsp3) is 0.150. The summed E-state index contributed by atoms with van der Waals surface area (Å²) in [5.74, 6) is 0.129. The fourth-order valence-electron chi connectivity index (χ4n) is 2.79. The molecule has 3 heterocycles. The molecular weight excluding hydrogens is 377 g/mol. The highest BCUT2D eigenvalue weighted by atomic mass is 19.1. The van der Waals surface area contributed by atoms with Gasteiger partial charge in [-0.2, -0.15) is 10.1 Å². The lowest BCUT2D eigenvalue weighted by atomic mass is 10.2. The van der Waals surface area contributed by atoms with E-state index < -0.39 is 5.97 Å². The van der Waals surface area contributed by atoms with Crippen molar-refractivity contribution in [3.05, 3.63) is 77.8 Å². The van der Waals surface area contributed by atoms with Gasteiger partial charge in [-0.3, -0.25) is 0 Å². The highest BCUT2D eigenvalue weighted by Gasteiger charge is 2.20. The number of carbonyl (C=O) groups excluding carboxylic acids is 1. The summed E-state index contributed by atoms with van der Waals surface area (Å²) in [5, 5.41) is 8.05. The standard InChI is InChI=1S/C20H16FN5O3/c1-2-16-15(11-23-26(16)18-5-3-4-10-22-18)20(27)28-12-17-24-19(29-25-17)13-6-8-14(21)9-7-13/h3-11H,2,12H2,1H3. The van der Waals surface area contributed by atoms with Gasteiger partial charge in [-0.25, -0.2) is 18.9 Å². The molecule has 0 spiro atoms. The van der Waals surface area contributed by atoms with E-state index >= 15 is 0 Å². The van der Waals surface area contributed by atoms with E-state index in [1.165, 1.54) is 30.5 Å². The van der Waals surface area contributed by atoms with Crippen LogP contribution in [0.1, 0.15) is 28.8 Å². The molecule has 0 aliphatic heterocycles. The molecule has 0 bridgehead atoms. The van der Waals surface area contributed by atoms with Crippen LogP contribution in [0, 0.1) is 5.82 Å². The molecule has 0 atom stereocenters. The number of carbonyl (C=O) groups is 1.